The van der Waals surface area contributed by atoms with Crippen LogP contribution in [0.3, 0.4) is 0 Å². The van der Waals surface area contributed by atoms with Crippen LogP contribution in [-0.4, -0.2) is 17.2 Å². The second-order valence-electron chi connectivity index (χ2n) is 4.61. The smallest absolute Gasteiger partial charge is 0.423 e. The summed E-state index contributed by atoms with van der Waals surface area (Å²) >= 11 is 0. The molecule has 0 fully saturated rings. The lowest BCUT2D eigenvalue weighted by molar-refractivity contribution is 0.425. The fraction of sp³-hybridized carbons (Fsp3) is 0.571. The Labute approximate surface area is 105 Å². The van der Waals surface area contributed by atoms with Crippen molar-refractivity contribution in [2.24, 2.45) is 0 Å². The summed E-state index contributed by atoms with van der Waals surface area (Å²) in [6.07, 6.45) is 6.61. The third-order valence-corrected chi connectivity index (χ3v) is 3.10. The van der Waals surface area contributed by atoms with E-state index in [0.717, 1.165) is 31.2 Å². The number of aryl methyl sites for hydroxylation is 2. The maximum absolute atomic E-state index is 9.33. The summed E-state index contributed by atoms with van der Waals surface area (Å²) < 4.78 is 0. The summed E-state index contributed by atoms with van der Waals surface area (Å²) in [4.78, 5) is 0. The van der Waals surface area contributed by atoms with E-state index in [1.54, 1.807) is 0 Å². The van der Waals surface area contributed by atoms with Crippen molar-refractivity contribution >= 4 is 12.6 Å². The normalized spacial score (nSPS) is 10.6. The summed E-state index contributed by atoms with van der Waals surface area (Å²) in [5.74, 6) is 0. The Hall–Kier alpha value is -0.795. The van der Waals surface area contributed by atoms with Gasteiger partial charge < -0.3 is 10.0 Å². The van der Waals surface area contributed by atoms with Crippen molar-refractivity contribution in [3.8, 4) is 0 Å². The van der Waals surface area contributed by atoms with Crippen LogP contribution in [0.5, 0.6) is 0 Å². The van der Waals surface area contributed by atoms with Gasteiger partial charge in [-0.1, -0.05) is 44.9 Å². The highest BCUT2D eigenvalue weighted by Crippen LogP contribution is 2.10. The maximum Gasteiger partial charge on any atom is 0.488 e. The van der Waals surface area contributed by atoms with Gasteiger partial charge in [-0.2, -0.15) is 0 Å². The van der Waals surface area contributed by atoms with Gasteiger partial charge in [-0.15, -0.1) is 0 Å². The van der Waals surface area contributed by atoms with E-state index in [1.165, 1.54) is 18.4 Å². The average molecular weight is 234 g/mol. The number of unbranched alkanes of at least 4 members (excludes halogenated alkanes) is 2. The first-order valence-corrected chi connectivity index (χ1v) is 6.66. The molecule has 0 radical (unpaired) electrons. The fourth-order valence-electron chi connectivity index (χ4n) is 2.03. The molecule has 2 N–H and O–H groups in total. The zero-order valence-corrected chi connectivity index (χ0v) is 10.9. The van der Waals surface area contributed by atoms with Gasteiger partial charge in [-0.25, -0.2) is 0 Å². The molecule has 0 aromatic heterocycles. The molecule has 1 aromatic rings. The number of hydrogen-bond donors (Lipinski definition) is 2. The van der Waals surface area contributed by atoms with Gasteiger partial charge in [0.15, 0.2) is 0 Å². The zero-order chi connectivity index (χ0) is 12.7. The van der Waals surface area contributed by atoms with E-state index in [-0.39, 0.29) is 0 Å². The minimum atomic E-state index is -1.35. The molecule has 0 aliphatic rings. The Morgan fingerprint density at radius 2 is 1.65 bits per heavy atom. The third kappa shape index (κ3) is 4.53. The molecule has 94 valence electrons. The summed E-state index contributed by atoms with van der Waals surface area (Å²) in [7, 11) is -1.35. The molecule has 0 amide bonds. The van der Waals surface area contributed by atoms with E-state index in [4.69, 9.17) is 0 Å². The molecule has 0 spiro atoms. The molecule has 1 aromatic carbocycles. The Balaban J connectivity index is 2.84. The Kier molecular flexibility index (Phi) is 6.31. The van der Waals surface area contributed by atoms with E-state index < -0.39 is 7.12 Å². The van der Waals surface area contributed by atoms with Crippen molar-refractivity contribution in [3.63, 3.8) is 0 Å². The van der Waals surface area contributed by atoms with Gasteiger partial charge in [0.05, 0.1) is 0 Å². The van der Waals surface area contributed by atoms with Crippen LogP contribution in [0, 0.1) is 0 Å². The van der Waals surface area contributed by atoms with Gasteiger partial charge in [0.1, 0.15) is 0 Å². The molecule has 1 rings (SSSR count). The summed E-state index contributed by atoms with van der Waals surface area (Å²) in [6.45, 7) is 4.33. The van der Waals surface area contributed by atoms with Crippen molar-refractivity contribution in [1.82, 2.24) is 0 Å². The largest absolute Gasteiger partial charge is 0.488 e. The first-order chi connectivity index (χ1) is 8.19. The molecular formula is C14H23BO2. The lowest BCUT2D eigenvalue weighted by Crippen LogP contribution is -2.33. The first kappa shape index (κ1) is 14.3. The van der Waals surface area contributed by atoms with Crippen molar-refractivity contribution in [1.29, 1.82) is 0 Å². The van der Waals surface area contributed by atoms with Crippen LogP contribution in [0.2, 0.25) is 0 Å². The average Bonchev–Trinajstić information content (AvgIpc) is 2.33. The van der Waals surface area contributed by atoms with Gasteiger partial charge in [0, 0.05) is 0 Å². The number of rotatable bonds is 7. The van der Waals surface area contributed by atoms with Crippen molar-refractivity contribution in [2.75, 3.05) is 0 Å². The van der Waals surface area contributed by atoms with Crippen molar-refractivity contribution in [3.05, 3.63) is 29.3 Å². The fourth-order valence-corrected chi connectivity index (χ4v) is 2.03. The van der Waals surface area contributed by atoms with Crippen molar-refractivity contribution < 1.29 is 10.0 Å². The predicted molar refractivity (Wildman–Crippen MR) is 73.5 cm³/mol. The van der Waals surface area contributed by atoms with Gasteiger partial charge >= 0.3 is 7.12 Å². The molecule has 0 heterocycles. The predicted octanol–water partition coefficient (Wildman–Crippen LogP) is 2.05. The summed E-state index contributed by atoms with van der Waals surface area (Å²) in [6, 6.07) is 6.01. The van der Waals surface area contributed by atoms with E-state index in [1.807, 2.05) is 12.1 Å². The molecule has 0 saturated carbocycles. The quantitative estimate of drug-likeness (QED) is 0.709. The lowest BCUT2D eigenvalue weighted by atomic mass is 9.75. The highest BCUT2D eigenvalue weighted by molar-refractivity contribution is 6.59. The molecule has 0 unspecified atom stereocenters. The Bertz CT molecular complexity index is 337. The highest BCUT2D eigenvalue weighted by atomic mass is 16.4. The second-order valence-corrected chi connectivity index (χ2v) is 4.61. The van der Waals surface area contributed by atoms with Crippen LogP contribution in [-0.2, 0) is 12.8 Å². The first-order valence-electron chi connectivity index (χ1n) is 6.66. The minimum Gasteiger partial charge on any atom is -0.423 e. The standard InChI is InChI=1S/C14H23BO2/c1-3-5-7-12-9-10-14(15(16)17)13(11-12)8-6-4-2/h9-11,16-17H,3-8H2,1-2H3. The van der Waals surface area contributed by atoms with Crippen LogP contribution < -0.4 is 5.46 Å². The van der Waals surface area contributed by atoms with Crippen molar-refractivity contribution in [2.45, 2.75) is 52.4 Å². The molecule has 0 bridgehead atoms. The monoisotopic (exact) mass is 234 g/mol. The second kappa shape index (κ2) is 7.52. The molecule has 0 saturated heterocycles. The minimum absolute atomic E-state index is 0.665. The van der Waals surface area contributed by atoms with Crippen LogP contribution in [0.4, 0.5) is 0 Å². The van der Waals surface area contributed by atoms with Gasteiger partial charge in [-0.3, -0.25) is 0 Å². The van der Waals surface area contributed by atoms with E-state index >= 15 is 0 Å². The van der Waals surface area contributed by atoms with E-state index in [0.29, 0.717) is 5.46 Å². The topological polar surface area (TPSA) is 40.5 Å². The zero-order valence-electron chi connectivity index (χ0n) is 10.9. The Morgan fingerprint density at radius 1 is 1.00 bits per heavy atom. The molecule has 17 heavy (non-hydrogen) atoms. The molecular weight excluding hydrogens is 211 g/mol. The van der Waals surface area contributed by atoms with Gasteiger partial charge in [-0.05, 0) is 42.3 Å². The maximum atomic E-state index is 9.33. The summed E-state index contributed by atoms with van der Waals surface area (Å²) in [5.41, 5.74) is 3.07. The summed E-state index contributed by atoms with van der Waals surface area (Å²) in [5, 5.41) is 18.7. The van der Waals surface area contributed by atoms with Crippen LogP contribution >= 0.6 is 0 Å². The molecule has 0 aliphatic carbocycles. The molecule has 0 aliphatic heterocycles. The number of hydrogen-bond acceptors (Lipinski definition) is 2. The van der Waals surface area contributed by atoms with Gasteiger partial charge in [0.25, 0.3) is 0 Å². The Morgan fingerprint density at radius 3 is 2.24 bits per heavy atom. The third-order valence-electron chi connectivity index (χ3n) is 3.10. The lowest BCUT2D eigenvalue weighted by Gasteiger charge is -2.11. The molecule has 0 atom stereocenters. The van der Waals surface area contributed by atoms with Crippen LogP contribution in [0.15, 0.2) is 18.2 Å². The SMILES string of the molecule is CCCCc1ccc(B(O)O)c(CCCC)c1. The van der Waals surface area contributed by atoms with Crippen LogP contribution in [0.1, 0.15) is 50.7 Å². The van der Waals surface area contributed by atoms with Gasteiger partial charge in [0.2, 0.25) is 0 Å². The molecule has 3 heteroatoms. The van der Waals surface area contributed by atoms with Crippen LogP contribution in [0.25, 0.3) is 0 Å². The number of benzene rings is 1. The molecule has 2 nitrogen and oxygen atoms in total. The highest BCUT2D eigenvalue weighted by Gasteiger charge is 2.15. The van der Waals surface area contributed by atoms with E-state index in [9.17, 15) is 10.0 Å². The van der Waals surface area contributed by atoms with E-state index in [2.05, 4.69) is 19.9 Å².